The maximum Gasteiger partial charge on any atom is 0.0548 e. The van der Waals surface area contributed by atoms with E-state index in [-0.39, 0.29) is 0 Å². The van der Waals surface area contributed by atoms with E-state index in [1.54, 1.807) is 0 Å². The van der Waals surface area contributed by atoms with Crippen LogP contribution in [0, 0.1) is 6.92 Å². The van der Waals surface area contributed by atoms with Crippen molar-refractivity contribution >= 4 is 75.1 Å². The Hall–Kier alpha value is -5.64. The van der Waals surface area contributed by atoms with E-state index >= 15 is 0 Å². The van der Waals surface area contributed by atoms with Crippen LogP contribution in [-0.2, 0) is 0 Å². The standard InChI is InChI=1S/C43H28N2S/c1-27-18-23-37-35(26-27)42-39(44(37)29-10-3-2-4-11-29)25-24-38-41(42)34-13-5-7-16-36(34)45(38)30-21-19-28(20-22-30)31-14-9-15-33-32-12-6-8-17-40(32)46-43(31)33/h2-26H,1H3. The van der Waals surface area contributed by atoms with Gasteiger partial charge in [0.05, 0.1) is 22.1 Å². The van der Waals surface area contributed by atoms with Gasteiger partial charge in [0.25, 0.3) is 0 Å². The van der Waals surface area contributed by atoms with Crippen LogP contribution >= 0.6 is 11.3 Å². The molecule has 7 aromatic carbocycles. The highest BCUT2D eigenvalue weighted by Gasteiger charge is 2.20. The zero-order valence-corrected chi connectivity index (χ0v) is 26.1. The number of para-hydroxylation sites is 2. The smallest absolute Gasteiger partial charge is 0.0548 e. The Bertz CT molecular complexity index is 2790. The third-order valence-electron chi connectivity index (χ3n) is 9.57. The molecule has 3 heteroatoms. The Kier molecular flexibility index (Phi) is 5.40. The van der Waals surface area contributed by atoms with Crippen LogP contribution in [0.15, 0.2) is 152 Å². The van der Waals surface area contributed by atoms with E-state index < -0.39 is 0 Å². The van der Waals surface area contributed by atoms with Gasteiger partial charge in [-0.1, -0.05) is 96.6 Å². The van der Waals surface area contributed by atoms with Crippen molar-refractivity contribution in [3.8, 4) is 22.5 Å². The number of benzene rings is 7. The number of nitrogens with zero attached hydrogens (tertiary/aromatic N) is 2. The van der Waals surface area contributed by atoms with Crippen molar-refractivity contribution in [2.75, 3.05) is 0 Å². The molecule has 0 bridgehead atoms. The van der Waals surface area contributed by atoms with Gasteiger partial charge < -0.3 is 9.13 Å². The van der Waals surface area contributed by atoms with Crippen LogP contribution in [-0.4, -0.2) is 9.13 Å². The van der Waals surface area contributed by atoms with Gasteiger partial charge in [-0.2, -0.15) is 0 Å². The number of hydrogen-bond acceptors (Lipinski definition) is 1. The van der Waals surface area contributed by atoms with Gasteiger partial charge in [0, 0.05) is 53.1 Å². The maximum absolute atomic E-state index is 2.44. The third kappa shape index (κ3) is 3.58. The van der Waals surface area contributed by atoms with E-state index in [1.165, 1.54) is 91.8 Å². The lowest BCUT2D eigenvalue weighted by molar-refractivity contribution is 1.17. The highest BCUT2D eigenvalue weighted by atomic mass is 32.1. The Balaban J connectivity index is 1.22. The molecule has 2 nitrogen and oxygen atoms in total. The summed E-state index contributed by atoms with van der Waals surface area (Å²) in [4.78, 5) is 0. The van der Waals surface area contributed by atoms with Gasteiger partial charge in [-0.05, 0) is 78.7 Å². The molecular formula is C43H28N2S. The zero-order chi connectivity index (χ0) is 30.4. The molecule has 0 aliphatic carbocycles. The van der Waals surface area contributed by atoms with Crippen molar-refractivity contribution in [3.05, 3.63) is 157 Å². The summed E-state index contributed by atoms with van der Waals surface area (Å²) in [5.41, 5.74) is 11.1. The lowest BCUT2D eigenvalue weighted by Crippen LogP contribution is -1.94. The first-order valence-corrected chi connectivity index (χ1v) is 16.6. The van der Waals surface area contributed by atoms with Crippen LogP contribution < -0.4 is 0 Å². The van der Waals surface area contributed by atoms with Crippen molar-refractivity contribution < 1.29 is 0 Å². The van der Waals surface area contributed by atoms with E-state index in [9.17, 15) is 0 Å². The molecule has 0 atom stereocenters. The van der Waals surface area contributed by atoms with Crippen LogP contribution in [0.25, 0.3) is 86.3 Å². The summed E-state index contributed by atoms with van der Waals surface area (Å²) in [6.07, 6.45) is 0. The second kappa shape index (κ2) is 9.68. The summed E-state index contributed by atoms with van der Waals surface area (Å²) in [7, 11) is 0. The molecule has 0 saturated heterocycles. The lowest BCUT2D eigenvalue weighted by Gasteiger charge is -2.10. The zero-order valence-electron chi connectivity index (χ0n) is 25.2. The highest BCUT2D eigenvalue weighted by molar-refractivity contribution is 7.26. The van der Waals surface area contributed by atoms with Crippen LogP contribution in [0.5, 0.6) is 0 Å². The molecule has 3 aromatic heterocycles. The molecule has 10 aromatic rings. The summed E-state index contributed by atoms with van der Waals surface area (Å²) >= 11 is 1.88. The monoisotopic (exact) mass is 604 g/mol. The van der Waals surface area contributed by atoms with Gasteiger partial charge in [-0.25, -0.2) is 0 Å². The molecule has 46 heavy (non-hydrogen) atoms. The molecule has 0 aliphatic rings. The SMILES string of the molecule is Cc1ccc2c(c1)c1c3c4ccccc4n(-c4ccc(-c5cccc6c5sc5ccccc56)cc4)c3ccc1n2-c1ccccc1. The largest absolute Gasteiger partial charge is 0.309 e. The summed E-state index contributed by atoms with van der Waals surface area (Å²) in [6, 6.07) is 55.7. The van der Waals surface area contributed by atoms with Crippen molar-refractivity contribution in [2.24, 2.45) is 0 Å². The van der Waals surface area contributed by atoms with Crippen LogP contribution in [0.1, 0.15) is 5.56 Å². The molecule has 10 rings (SSSR count). The Labute approximate surface area is 270 Å². The average Bonchev–Trinajstić information content (AvgIpc) is 3.76. The Morgan fingerprint density at radius 1 is 0.435 bits per heavy atom. The summed E-state index contributed by atoms with van der Waals surface area (Å²) in [5.74, 6) is 0. The van der Waals surface area contributed by atoms with Crippen molar-refractivity contribution in [1.29, 1.82) is 0 Å². The Morgan fingerprint density at radius 2 is 1.04 bits per heavy atom. The second-order valence-corrected chi connectivity index (χ2v) is 13.3. The fraction of sp³-hybridized carbons (Fsp3) is 0.0233. The lowest BCUT2D eigenvalue weighted by atomic mass is 10.0. The molecule has 0 unspecified atom stereocenters. The van der Waals surface area contributed by atoms with Gasteiger partial charge in [0.15, 0.2) is 0 Å². The van der Waals surface area contributed by atoms with E-state index in [2.05, 4.69) is 168 Å². The molecule has 0 spiro atoms. The van der Waals surface area contributed by atoms with Crippen molar-refractivity contribution in [2.45, 2.75) is 6.92 Å². The van der Waals surface area contributed by atoms with Crippen LogP contribution in [0.2, 0.25) is 0 Å². The normalized spacial score (nSPS) is 12.0. The van der Waals surface area contributed by atoms with Gasteiger partial charge in [0.2, 0.25) is 0 Å². The first kappa shape index (κ1) is 25.7. The number of thiophene rings is 1. The van der Waals surface area contributed by atoms with E-state index in [0.29, 0.717) is 0 Å². The molecule has 0 N–H and O–H groups in total. The van der Waals surface area contributed by atoms with Crippen molar-refractivity contribution in [1.82, 2.24) is 9.13 Å². The maximum atomic E-state index is 2.44. The summed E-state index contributed by atoms with van der Waals surface area (Å²) in [6.45, 7) is 2.19. The topological polar surface area (TPSA) is 9.86 Å². The predicted molar refractivity (Wildman–Crippen MR) is 198 cm³/mol. The molecule has 0 radical (unpaired) electrons. The minimum atomic E-state index is 1.17. The summed E-state index contributed by atoms with van der Waals surface area (Å²) in [5, 5.41) is 7.84. The first-order chi connectivity index (χ1) is 22.7. The van der Waals surface area contributed by atoms with E-state index in [0.717, 1.165) is 0 Å². The molecule has 0 aliphatic heterocycles. The number of rotatable bonds is 3. The molecular weight excluding hydrogens is 577 g/mol. The average molecular weight is 605 g/mol. The molecule has 0 fully saturated rings. The van der Waals surface area contributed by atoms with Gasteiger partial charge in [-0.3, -0.25) is 0 Å². The second-order valence-electron chi connectivity index (χ2n) is 12.2. The summed E-state index contributed by atoms with van der Waals surface area (Å²) < 4.78 is 7.54. The van der Waals surface area contributed by atoms with Crippen molar-refractivity contribution in [3.63, 3.8) is 0 Å². The number of aryl methyl sites for hydroxylation is 1. The number of fused-ring (bicyclic) bond motifs is 10. The quantitative estimate of drug-likeness (QED) is 0.190. The first-order valence-electron chi connectivity index (χ1n) is 15.8. The van der Waals surface area contributed by atoms with Crippen LogP contribution in [0.3, 0.4) is 0 Å². The van der Waals surface area contributed by atoms with E-state index in [4.69, 9.17) is 0 Å². The molecule has 216 valence electrons. The van der Waals surface area contributed by atoms with Crippen LogP contribution in [0.4, 0.5) is 0 Å². The minimum absolute atomic E-state index is 1.17. The fourth-order valence-electron chi connectivity index (χ4n) is 7.58. The molecule has 3 heterocycles. The fourth-order valence-corrected chi connectivity index (χ4v) is 8.82. The van der Waals surface area contributed by atoms with Gasteiger partial charge >= 0.3 is 0 Å². The predicted octanol–water partition coefficient (Wildman–Crippen LogP) is 12.2. The number of aromatic nitrogens is 2. The number of hydrogen-bond donors (Lipinski definition) is 0. The highest BCUT2D eigenvalue weighted by Crippen LogP contribution is 2.43. The molecule has 0 saturated carbocycles. The Morgan fingerprint density at radius 3 is 1.85 bits per heavy atom. The molecule has 0 amide bonds. The van der Waals surface area contributed by atoms with Gasteiger partial charge in [0.1, 0.15) is 0 Å². The van der Waals surface area contributed by atoms with Gasteiger partial charge in [-0.15, -0.1) is 11.3 Å². The van der Waals surface area contributed by atoms with E-state index in [1.807, 2.05) is 11.3 Å². The minimum Gasteiger partial charge on any atom is -0.309 e. The third-order valence-corrected chi connectivity index (χ3v) is 10.8.